The number of hydrogen-bond acceptors (Lipinski definition) is 7. The summed E-state index contributed by atoms with van der Waals surface area (Å²) in [6.07, 6.45) is 3.36. The Morgan fingerprint density at radius 3 is 0.758 bits per heavy atom. The monoisotopic (exact) mass is 556 g/mol. The van der Waals surface area contributed by atoms with E-state index < -0.39 is 16.1 Å². The SMILES string of the molecule is CC(C)[O][Ti](=[O])([O]C(C)C)([CH](C)C)[CH](C)C.CCCO.CCCO.CCCO.CCCO.[Ti]. The van der Waals surface area contributed by atoms with Gasteiger partial charge in [0.15, 0.2) is 0 Å². The molecule has 0 aliphatic carbocycles. The van der Waals surface area contributed by atoms with Crippen molar-refractivity contribution >= 4 is 0 Å². The molecule has 0 amide bonds. The molecule has 0 rings (SSSR count). The third-order valence-electron chi connectivity index (χ3n) is 3.91. The van der Waals surface area contributed by atoms with Gasteiger partial charge in [-0.2, -0.15) is 0 Å². The Balaban J connectivity index is -0.0000000875. The third-order valence-corrected chi connectivity index (χ3v) is 13.3. The van der Waals surface area contributed by atoms with Gasteiger partial charge in [-0.05, 0) is 25.7 Å². The molecular formula is C24H60O7Ti2. The van der Waals surface area contributed by atoms with E-state index in [1.54, 1.807) is 0 Å². The predicted molar refractivity (Wildman–Crippen MR) is 133 cm³/mol. The Morgan fingerprint density at radius 1 is 0.545 bits per heavy atom. The second-order valence-electron chi connectivity index (χ2n) is 8.66. The van der Waals surface area contributed by atoms with Gasteiger partial charge in [0.25, 0.3) is 0 Å². The normalized spacial score (nSPS) is 10.7. The second kappa shape index (κ2) is 31.0. The molecule has 0 atom stereocenters. The summed E-state index contributed by atoms with van der Waals surface area (Å²) >= 11 is -4.59. The first-order valence-electron chi connectivity index (χ1n) is 12.4. The van der Waals surface area contributed by atoms with Crippen molar-refractivity contribution in [3.05, 3.63) is 0 Å². The van der Waals surface area contributed by atoms with E-state index in [1.807, 2.05) is 83.1 Å². The molecule has 9 heteroatoms. The maximum Gasteiger partial charge on any atom is 0.0428 e. The maximum absolute atomic E-state index is 13.4. The van der Waals surface area contributed by atoms with Gasteiger partial charge in [-0.15, -0.1) is 0 Å². The zero-order valence-corrected chi connectivity index (χ0v) is 27.1. The molecule has 0 spiro atoms. The smallest absolute Gasteiger partial charge is 0.0428 e. The summed E-state index contributed by atoms with van der Waals surface area (Å²) in [5.74, 6) is 0. The summed E-state index contributed by atoms with van der Waals surface area (Å²) < 4.78 is 25.1. The van der Waals surface area contributed by atoms with Crippen molar-refractivity contribution < 1.29 is 68.2 Å². The summed E-state index contributed by atoms with van der Waals surface area (Å²) in [6, 6.07) is 0. The van der Waals surface area contributed by atoms with E-state index in [4.69, 9.17) is 27.1 Å². The summed E-state index contributed by atoms with van der Waals surface area (Å²) in [7, 11) is 0. The fraction of sp³-hybridized carbons (Fsp3) is 1.00. The van der Waals surface area contributed by atoms with Crippen LogP contribution < -0.4 is 0 Å². The van der Waals surface area contributed by atoms with Crippen molar-refractivity contribution in [2.24, 2.45) is 0 Å². The van der Waals surface area contributed by atoms with Crippen LogP contribution in [0, 0.1) is 0 Å². The molecule has 0 aromatic heterocycles. The number of hydrogen-bond donors (Lipinski definition) is 4. The molecule has 0 radical (unpaired) electrons. The zero-order valence-electron chi connectivity index (χ0n) is 24.0. The van der Waals surface area contributed by atoms with Crippen LogP contribution in [0.15, 0.2) is 0 Å². The number of rotatable bonds is 10. The fourth-order valence-corrected chi connectivity index (χ4v) is 8.94. The molecule has 0 fully saturated rings. The quantitative estimate of drug-likeness (QED) is 0.247. The van der Waals surface area contributed by atoms with Crippen LogP contribution in [0.1, 0.15) is 109 Å². The van der Waals surface area contributed by atoms with E-state index in [1.165, 1.54) is 0 Å². The van der Waals surface area contributed by atoms with Gasteiger partial charge in [-0.1, -0.05) is 27.7 Å². The molecule has 0 aromatic rings. The Bertz CT molecular complexity index is 350. The molecule has 4 N–H and O–H groups in total. The maximum atomic E-state index is 13.4. The predicted octanol–water partition coefficient (Wildman–Crippen LogP) is 5.91. The van der Waals surface area contributed by atoms with Crippen molar-refractivity contribution in [3.63, 3.8) is 0 Å². The van der Waals surface area contributed by atoms with Crippen LogP contribution in [0.2, 0.25) is 8.45 Å². The molecule has 0 saturated heterocycles. The summed E-state index contributed by atoms with van der Waals surface area (Å²) in [6.45, 7) is 24.4. The standard InChI is InChI=1S/2C3H7O.4C3H8O.2C3H7.O.2Ti/c2*1-3(2)4;4*1-2-3-4;2*1-3-2;;;/h2*3H,1-2H3;4*4H,2-3H2,1H3;2*3H,1-2H3;;;/q2*-1;;;;;;;;;+2. The molecule has 0 heterocycles. The van der Waals surface area contributed by atoms with Gasteiger partial charge in [0, 0.05) is 48.1 Å². The first-order valence-corrected chi connectivity index (χ1v) is 16.1. The van der Waals surface area contributed by atoms with Crippen LogP contribution in [0.3, 0.4) is 0 Å². The number of aliphatic hydroxyl groups excluding tert-OH is 4. The van der Waals surface area contributed by atoms with Gasteiger partial charge in [0.1, 0.15) is 0 Å². The first kappa shape index (κ1) is 47.2. The minimum Gasteiger partial charge on any atom is -0.396 e. The first-order chi connectivity index (χ1) is 14.7. The number of aliphatic hydroxyl groups is 4. The molecule has 0 aliphatic rings. The molecule has 206 valence electrons. The average molecular weight is 556 g/mol. The van der Waals surface area contributed by atoms with Crippen molar-refractivity contribution in [3.8, 4) is 0 Å². The van der Waals surface area contributed by atoms with E-state index in [2.05, 4.69) is 0 Å². The van der Waals surface area contributed by atoms with Crippen LogP contribution in [0.25, 0.3) is 0 Å². The molecule has 0 unspecified atom stereocenters. The molecular weight excluding hydrogens is 496 g/mol. The van der Waals surface area contributed by atoms with Crippen LogP contribution >= 0.6 is 0 Å². The van der Waals surface area contributed by atoms with Crippen LogP contribution in [-0.4, -0.2) is 59.1 Å². The molecule has 0 aliphatic heterocycles. The summed E-state index contributed by atoms with van der Waals surface area (Å²) in [5, 5.41) is 31.5. The van der Waals surface area contributed by atoms with Gasteiger partial charge >= 0.3 is 102 Å². The Hall–Kier alpha value is 0.989. The Morgan fingerprint density at radius 2 is 0.697 bits per heavy atom. The Labute approximate surface area is 223 Å². The van der Waals surface area contributed by atoms with Crippen LogP contribution in [0.4, 0.5) is 0 Å². The zero-order chi connectivity index (χ0) is 26.8. The molecule has 0 bridgehead atoms. The minimum absolute atomic E-state index is 0. The van der Waals surface area contributed by atoms with Gasteiger partial charge < -0.3 is 20.4 Å². The van der Waals surface area contributed by atoms with E-state index in [-0.39, 0.29) is 42.4 Å². The molecule has 33 heavy (non-hydrogen) atoms. The van der Waals surface area contributed by atoms with Gasteiger partial charge in [-0.3, -0.25) is 0 Å². The van der Waals surface area contributed by atoms with E-state index >= 15 is 0 Å². The average Bonchev–Trinajstić information content (AvgIpc) is 2.73. The fourth-order valence-electron chi connectivity index (χ4n) is 2.17. The molecule has 0 aromatic carbocycles. The van der Waals surface area contributed by atoms with E-state index in [9.17, 15) is 3.32 Å². The van der Waals surface area contributed by atoms with Gasteiger partial charge in [0.2, 0.25) is 0 Å². The molecule has 0 saturated carbocycles. The van der Waals surface area contributed by atoms with E-state index in [0.717, 1.165) is 25.7 Å². The van der Waals surface area contributed by atoms with Crippen molar-refractivity contribution in [2.45, 2.75) is 129 Å². The second-order valence-corrected chi connectivity index (χ2v) is 16.5. The van der Waals surface area contributed by atoms with Crippen molar-refractivity contribution in [1.29, 1.82) is 0 Å². The third kappa shape index (κ3) is 29.1. The van der Waals surface area contributed by atoms with Crippen LogP contribution in [-0.2, 0) is 47.7 Å². The van der Waals surface area contributed by atoms with Gasteiger partial charge in [0.05, 0.1) is 0 Å². The van der Waals surface area contributed by atoms with E-state index in [0.29, 0.717) is 26.4 Å². The summed E-state index contributed by atoms with van der Waals surface area (Å²) in [4.78, 5) is 0. The van der Waals surface area contributed by atoms with Crippen molar-refractivity contribution in [1.82, 2.24) is 0 Å². The minimum atomic E-state index is -4.59. The topological polar surface area (TPSA) is 116 Å². The summed E-state index contributed by atoms with van der Waals surface area (Å²) in [5.41, 5.74) is 0. The van der Waals surface area contributed by atoms with Gasteiger partial charge in [-0.25, -0.2) is 0 Å². The van der Waals surface area contributed by atoms with Crippen molar-refractivity contribution in [2.75, 3.05) is 26.4 Å². The largest absolute Gasteiger partial charge is 0.396 e. The Kier molecular flexibility index (Phi) is 44.4. The molecule has 7 nitrogen and oxygen atoms in total. The van der Waals surface area contributed by atoms with Crippen LogP contribution in [0.5, 0.6) is 0 Å².